The van der Waals surface area contributed by atoms with Crippen molar-refractivity contribution in [1.29, 1.82) is 0 Å². The predicted molar refractivity (Wildman–Crippen MR) is 94.0 cm³/mol. The van der Waals surface area contributed by atoms with Crippen molar-refractivity contribution >= 4 is 28.2 Å². The summed E-state index contributed by atoms with van der Waals surface area (Å²) in [6.45, 7) is 5.31. The van der Waals surface area contributed by atoms with Crippen LogP contribution in [0.15, 0.2) is 24.3 Å². The second-order valence-electron chi connectivity index (χ2n) is 5.28. The van der Waals surface area contributed by atoms with Gasteiger partial charge in [-0.1, -0.05) is 6.07 Å². The summed E-state index contributed by atoms with van der Waals surface area (Å²) in [7, 11) is 1.56. The summed E-state index contributed by atoms with van der Waals surface area (Å²) < 4.78 is 10.7. The Hall–Kier alpha value is -2.54. The maximum Gasteiger partial charge on any atom is 0.265 e. The number of carbonyl (C=O) groups is 2. The number of hydrogen-bond donors (Lipinski definition) is 2. The first kappa shape index (κ1) is 17.8. The van der Waals surface area contributed by atoms with Crippen molar-refractivity contribution in [3.8, 4) is 11.5 Å². The lowest BCUT2D eigenvalue weighted by Crippen LogP contribution is -2.30. The zero-order valence-electron chi connectivity index (χ0n) is 14.0. The molecule has 2 aromatic rings. The normalized spacial score (nSPS) is 11.7. The second-order valence-corrected chi connectivity index (χ2v) is 6.50. The van der Waals surface area contributed by atoms with Crippen molar-refractivity contribution in [1.82, 2.24) is 0 Å². The highest BCUT2D eigenvalue weighted by Gasteiger charge is 2.22. The van der Waals surface area contributed by atoms with Gasteiger partial charge in [0.1, 0.15) is 16.5 Å². The Morgan fingerprint density at radius 1 is 1.25 bits per heavy atom. The van der Waals surface area contributed by atoms with Gasteiger partial charge in [-0.3, -0.25) is 9.59 Å². The van der Waals surface area contributed by atoms with Gasteiger partial charge in [0.2, 0.25) is 0 Å². The monoisotopic (exact) mass is 348 g/mol. The molecular formula is C17H20N2O4S. The Labute approximate surface area is 144 Å². The lowest BCUT2D eigenvalue weighted by molar-refractivity contribution is -0.122. The van der Waals surface area contributed by atoms with Gasteiger partial charge in [0, 0.05) is 10.9 Å². The molecule has 1 atom stereocenters. The number of benzene rings is 1. The molecule has 0 saturated heterocycles. The lowest BCUT2D eigenvalue weighted by atomic mass is 10.1. The van der Waals surface area contributed by atoms with Gasteiger partial charge in [-0.2, -0.15) is 0 Å². The molecule has 1 aromatic heterocycles. The van der Waals surface area contributed by atoms with E-state index < -0.39 is 12.0 Å². The number of carbonyl (C=O) groups excluding carboxylic acids is 2. The molecule has 0 aliphatic heterocycles. The zero-order chi connectivity index (χ0) is 17.9. The third-order valence-electron chi connectivity index (χ3n) is 3.59. The molecule has 6 nitrogen and oxygen atoms in total. The largest absolute Gasteiger partial charge is 0.497 e. The number of methoxy groups -OCH3 is 1. The van der Waals surface area contributed by atoms with Crippen LogP contribution in [0.4, 0.5) is 5.00 Å². The van der Waals surface area contributed by atoms with Crippen LogP contribution in [0.5, 0.6) is 11.5 Å². The molecule has 0 spiro atoms. The van der Waals surface area contributed by atoms with Gasteiger partial charge >= 0.3 is 0 Å². The molecule has 0 bridgehead atoms. The van der Waals surface area contributed by atoms with Gasteiger partial charge in [-0.25, -0.2) is 0 Å². The molecule has 2 amide bonds. The minimum Gasteiger partial charge on any atom is -0.497 e. The summed E-state index contributed by atoms with van der Waals surface area (Å²) in [5.41, 5.74) is 6.54. The summed E-state index contributed by atoms with van der Waals surface area (Å²) in [6.07, 6.45) is -0.749. The molecule has 1 unspecified atom stereocenters. The number of hydrogen-bond acceptors (Lipinski definition) is 5. The number of thiophene rings is 1. The maximum atomic E-state index is 12.4. The molecule has 24 heavy (non-hydrogen) atoms. The minimum absolute atomic E-state index is 0.347. The fourth-order valence-corrected chi connectivity index (χ4v) is 3.23. The molecule has 1 aromatic carbocycles. The van der Waals surface area contributed by atoms with Crippen LogP contribution in [0.1, 0.15) is 27.7 Å². The number of amides is 2. The highest BCUT2D eigenvalue weighted by Crippen LogP contribution is 2.32. The number of anilines is 1. The SMILES string of the molecule is COc1cccc(OC(C)C(=O)Nc2sc(C)c(C)c2C(N)=O)c1. The summed E-state index contributed by atoms with van der Waals surface area (Å²) in [4.78, 5) is 24.9. The van der Waals surface area contributed by atoms with E-state index in [1.807, 2.05) is 6.92 Å². The summed E-state index contributed by atoms with van der Waals surface area (Å²) in [6, 6.07) is 6.99. The van der Waals surface area contributed by atoms with E-state index in [4.69, 9.17) is 15.2 Å². The highest BCUT2D eigenvalue weighted by atomic mass is 32.1. The fourth-order valence-electron chi connectivity index (χ4n) is 2.16. The number of ether oxygens (including phenoxy) is 2. The highest BCUT2D eigenvalue weighted by molar-refractivity contribution is 7.16. The van der Waals surface area contributed by atoms with E-state index in [1.54, 1.807) is 45.2 Å². The molecule has 0 aliphatic rings. The number of nitrogens with two attached hydrogens (primary N) is 1. The predicted octanol–water partition coefficient (Wildman–Crippen LogP) is 2.88. The van der Waals surface area contributed by atoms with Crippen LogP contribution >= 0.6 is 11.3 Å². The Morgan fingerprint density at radius 2 is 1.92 bits per heavy atom. The smallest absolute Gasteiger partial charge is 0.265 e. The summed E-state index contributed by atoms with van der Waals surface area (Å²) in [5.74, 6) is 0.237. The van der Waals surface area contributed by atoms with Crippen molar-refractivity contribution in [3.63, 3.8) is 0 Å². The average molecular weight is 348 g/mol. The van der Waals surface area contributed by atoms with Crippen LogP contribution in [0.25, 0.3) is 0 Å². The molecule has 7 heteroatoms. The summed E-state index contributed by atoms with van der Waals surface area (Å²) in [5, 5.41) is 3.17. The fraction of sp³-hybridized carbons (Fsp3) is 0.294. The van der Waals surface area contributed by atoms with Crippen molar-refractivity contribution in [2.45, 2.75) is 26.9 Å². The Balaban J connectivity index is 2.12. The van der Waals surface area contributed by atoms with Crippen LogP contribution in [0, 0.1) is 13.8 Å². The van der Waals surface area contributed by atoms with E-state index in [0.717, 1.165) is 10.4 Å². The number of rotatable bonds is 6. The van der Waals surface area contributed by atoms with E-state index in [2.05, 4.69) is 5.32 Å². The molecule has 128 valence electrons. The third kappa shape index (κ3) is 3.86. The topological polar surface area (TPSA) is 90.7 Å². The van der Waals surface area contributed by atoms with Crippen molar-refractivity contribution in [2.75, 3.05) is 12.4 Å². The van der Waals surface area contributed by atoms with Crippen molar-refractivity contribution < 1.29 is 19.1 Å². The van der Waals surface area contributed by atoms with E-state index in [1.165, 1.54) is 11.3 Å². The van der Waals surface area contributed by atoms with E-state index >= 15 is 0 Å². The van der Waals surface area contributed by atoms with Gasteiger partial charge in [0.15, 0.2) is 6.10 Å². The van der Waals surface area contributed by atoms with Gasteiger partial charge in [0.25, 0.3) is 11.8 Å². The standard InChI is InChI=1S/C17H20N2O4S/c1-9-11(3)24-17(14(9)15(18)20)19-16(21)10(2)23-13-7-5-6-12(8-13)22-4/h5-8,10H,1-4H3,(H2,18,20)(H,19,21). The number of nitrogens with one attached hydrogen (secondary N) is 1. The van der Waals surface area contributed by atoms with E-state index in [9.17, 15) is 9.59 Å². The molecule has 3 N–H and O–H groups in total. The van der Waals surface area contributed by atoms with Crippen LogP contribution in [0.3, 0.4) is 0 Å². The Morgan fingerprint density at radius 3 is 2.54 bits per heavy atom. The molecule has 0 aliphatic carbocycles. The van der Waals surface area contributed by atoms with Crippen LogP contribution in [0.2, 0.25) is 0 Å². The van der Waals surface area contributed by atoms with Crippen LogP contribution < -0.4 is 20.5 Å². The number of aryl methyl sites for hydroxylation is 1. The van der Waals surface area contributed by atoms with Crippen LogP contribution in [-0.2, 0) is 4.79 Å². The maximum absolute atomic E-state index is 12.4. The summed E-state index contributed by atoms with van der Waals surface area (Å²) >= 11 is 1.32. The Kier molecular flexibility index (Phi) is 5.46. The first-order valence-corrected chi connectivity index (χ1v) is 8.16. The zero-order valence-corrected chi connectivity index (χ0v) is 14.8. The first-order chi connectivity index (χ1) is 11.3. The second kappa shape index (κ2) is 7.35. The molecule has 0 saturated carbocycles. The average Bonchev–Trinajstić information content (AvgIpc) is 2.81. The van der Waals surface area contributed by atoms with Gasteiger partial charge in [0.05, 0.1) is 12.7 Å². The van der Waals surface area contributed by atoms with Crippen LogP contribution in [-0.4, -0.2) is 25.0 Å². The van der Waals surface area contributed by atoms with E-state index in [0.29, 0.717) is 22.1 Å². The third-order valence-corrected chi connectivity index (χ3v) is 4.71. The minimum atomic E-state index is -0.749. The van der Waals surface area contributed by atoms with Gasteiger partial charge < -0.3 is 20.5 Å². The molecule has 0 fully saturated rings. The quantitative estimate of drug-likeness (QED) is 0.840. The van der Waals surface area contributed by atoms with Gasteiger partial charge in [-0.05, 0) is 38.5 Å². The molecule has 2 rings (SSSR count). The molecular weight excluding hydrogens is 328 g/mol. The van der Waals surface area contributed by atoms with Gasteiger partial charge in [-0.15, -0.1) is 11.3 Å². The molecule has 1 heterocycles. The van der Waals surface area contributed by atoms with Crippen molar-refractivity contribution in [2.24, 2.45) is 5.73 Å². The molecule has 0 radical (unpaired) electrons. The van der Waals surface area contributed by atoms with Crippen molar-refractivity contribution in [3.05, 3.63) is 40.3 Å². The lowest BCUT2D eigenvalue weighted by Gasteiger charge is -2.15. The van der Waals surface area contributed by atoms with E-state index in [-0.39, 0.29) is 5.91 Å². The number of primary amides is 1. The first-order valence-electron chi connectivity index (χ1n) is 7.34. The Bertz CT molecular complexity index is 770.